The van der Waals surface area contributed by atoms with E-state index in [2.05, 4.69) is 6.92 Å². The van der Waals surface area contributed by atoms with Crippen LogP contribution in [0.4, 0.5) is 0 Å². The lowest BCUT2D eigenvalue weighted by atomic mass is 9.66. The summed E-state index contributed by atoms with van der Waals surface area (Å²) in [6.45, 7) is 2.48. The van der Waals surface area contributed by atoms with Gasteiger partial charge in [0.15, 0.2) is 0 Å². The molecular formula is C14H18. The zero-order chi connectivity index (χ0) is 9.08. The van der Waals surface area contributed by atoms with Crippen molar-refractivity contribution >= 4 is 0 Å². The second-order valence-corrected chi connectivity index (χ2v) is 6.54. The number of hydrogen-bond donors (Lipinski definition) is 0. The quantitative estimate of drug-likeness (QED) is 0.509. The molecule has 6 aliphatic rings. The average Bonchev–Trinajstić information content (AvgIpc) is 2.53. The van der Waals surface area contributed by atoms with E-state index >= 15 is 0 Å². The van der Waals surface area contributed by atoms with Gasteiger partial charge in [0.1, 0.15) is 0 Å². The van der Waals surface area contributed by atoms with Crippen LogP contribution >= 0.6 is 0 Å². The first-order chi connectivity index (χ1) is 6.86. The van der Waals surface area contributed by atoms with E-state index in [9.17, 15) is 0 Å². The van der Waals surface area contributed by atoms with Gasteiger partial charge in [-0.05, 0) is 67.6 Å². The van der Waals surface area contributed by atoms with Crippen LogP contribution in [-0.4, -0.2) is 0 Å². The van der Waals surface area contributed by atoms with Gasteiger partial charge in [0.2, 0.25) is 0 Å². The number of allylic oxidation sites excluding steroid dienone is 2. The predicted octanol–water partition coefficient (Wildman–Crippen LogP) is 3.39. The summed E-state index contributed by atoms with van der Waals surface area (Å²) in [6, 6.07) is 0. The fourth-order valence-corrected chi connectivity index (χ4v) is 6.64. The second kappa shape index (κ2) is 1.74. The molecule has 0 aromatic heterocycles. The predicted molar refractivity (Wildman–Crippen MR) is 55.7 cm³/mol. The van der Waals surface area contributed by atoms with E-state index in [0.717, 1.165) is 17.3 Å². The van der Waals surface area contributed by atoms with Gasteiger partial charge in [0.05, 0.1) is 0 Å². The summed E-state index contributed by atoms with van der Waals surface area (Å²) in [5.41, 5.74) is 4.69. The molecule has 14 heavy (non-hydrogen) atoms. The average molecular weight is 186 g/mol. The van der Waals surface area contributed by atoms with E-state index in [-0.39, 0.29) is 0 Å². The van der Waals surface area contributed by atoms with Gasteiger partial charge >= 0.3 is 0 Å². The molecule has 0 amide bonds. The van der Waals surface area contributed by atoms with Gasteiger partial charge in [-0.2, -0.15) is 0 Å². The highest BCUT2D eigenvalue weighted by Gasteiger charge is 2.82. The Labute approximate surface area is 85.8 Å². The Balaban J connectivity index is 1.81. The summed E-state index contributed by atoms with van der Waals surface area (Å²) >= 11 is 0. The fraction of sp³-hybridized carbons (Fsp3) is 0.857. The van der Waals surface area contributed by atoms with Crippen LogP contribution in [0.3, 0.4) is 0 Å². The number of hydrogen-bond acceptors (Lipinski definition) is 0. The molecule has 74 valence electrons. The third-order valence-electron chi connectivity index (χ3n) is 6.67. The van der Waals surface area contributed by atoms with Gasteiger partial charge in [-0.15, -0.1) is 0 Å². The highest BCUT2D eigenvalue weighted by Crippen LogP contribution is 2.88. The van der Waals surface area contributed by atoms with Crippen LogP contribution in [0.1, 0.15) is 39.0 Å². The molecule has 6 atom stereocenters. The van der Waals surface area contributed by atoms with Crippen molar-refractivity contribution < 1.29 is 0 Å². The van der Waals surface area contributed by atoms with Gasteiger partial charge in [-0.1, -0.05) is 17.6 Å². The summed E-state index contributed by atoms with van der Waals surface area (Å²) < 4.78 is 0. The molecule has 6 rings (SSSR count). The molecule has 6 bridgehead atoms. The molecular weight excluding hydrogens is 168 g/mol. The van der Waals surface area contributed by atoms with E-state index in [1.807, 2.05) is 11.1 Å². The molecule has 5 fully saturated rings. The highest BCUT2D eigenvalue weighted by molar-refractivity contribution is 5.48. The standard InChI is InChI=1S/C14H18/c1-7-9-4-2-3-5-14(9)10-6-8-12(11(7)10)13(8)14/h8,10-13H,2-6H2,1H3. The Morgan fingerprint density at radius 2 is 2.21 bits per heavy atom. The van der Waals surface area contributed by atoms with Gasteiger partial charge in [0.25, 0.3) is 0 Å². The third-order valence-corrected chi connectivity index (χ3v) is 6.67. The van der Waals surface area contributed by atoms with Gasteiger partial charge in [-0.3, -0.25) is 0 Å². The molecule has 0 heteroatoms. The van der Waals surface area contributed by atoms with Crippen molar-refractivity contribution in [2.75, 3.05) is 0 Å². The van der Waals surface area contributed by atoms with Crippen LogP contribution in [0.5, 0.6) is 0 Å². The van der Waals surface area contributed by atoms with E-state index in [1.54, 1.807) is 12.8 Å². The van der Waals surface area contributed by atoms with Crippen molar-refractivity contribution in [2.45, 2.75) is 39.0 Å². The minimum atomic E-state index is 0.822. The Bertz CT molecular complexity index is 377. The van der Waals surface area contributed by atoms with Crippen LogP contribution in [0, 0.1) is 35.0 Å². The molecule has 0 saturated heterocycles. The van der Waals surface area contributed by atoms with Gasteiger partial charge < -0.3 is 0 Å². The van der Waals surface area contributed by atoms with Crippen molar-refractivity contribution in [3.8, 4) is 0 Å². The molecule has 1 spiro atoms. The lowest BCUT2D eigenvalue weighted by molar-refractivity contribution is 0.211. The first-order valence-corrected chi connectivity index (χ1v) is 6.56. The van der Waals surface area contributed by atoms with Crippen LogP contribution in [0.2, 0.25) is 0 Å². The van der Waals surface area contributed by atoms with E-state index in [0.29, 0.717) is 0 Å². The second-order valence-electron chi connectivity index (χ2n) is 6.54. The van der Waals surface area contributed by atoms with E-state index < -0.39 is 0 Å². The SMILES string of the molecule is CC1=C2CCCCC23C2CC4C(C12)C43. The molecule has 0 aromatic carbocycles. The summed E-state index contributed by atoms with van der Waals surface area (Å²) in [7, 11) is 0. The Morgan fingerprint density at radius 1 is 1.29 bits per heavy atom. The third kappa shape index (κ3) is 0.436. The molecule has 0 N–H and O–H groups in total. The van der Waals surface area contributed by atoms with Crippen LogP contribution in [0.15, 0.2) is 11.1 Å². The molecule has 6 unspecified atom stereocenters. The smallest absolute Gasteiger partial charge is 0.00173 e. The first kappa shape index (κ1) is 7.09. The molecule has 0 aromatic rings. The highest BCUT2D eigenvalue weighted by atomic mass is 14.9. The first-order valence-electron chi connectivity index (χ1n) is 6.56. The zero-order valence-corrected chi connectivity index (χ0v) is 8.92. The molecule has 0 radical (unpaired) electrons. The maximum Gasteiger partial charge on any atom is -0.00173 e. The van der Waals surface area contributed by atoms with Crippen molar-refractivity contribution in [1.29, 1.82) is 0 Å². The molecule has 0 nitrogen and oxygen atoms in total. The van der Waals surface area contributed by atoms with Crippen molar-refractivity contribution in [3.05, 3.63) is 11.1 Å². The van der Waals surface area contributed by atoms with E-state index in [4.69, 9.17) is 0 Å². The summed E-state index contributed by atoms with van der Waals surface area (Å²) in [6.07, 6.45) is 7.72. The monoisotopic (exact) mass is 186 g/mol. The van der Waals surface area contributed by atoms with Crippen molar-refractivity contribution in [1.82, 2.24) is 0 Å². The summed E-state index contributed by atoms with van der Waals surface area (Å²) in [5, 5.41) is 0. The maximum atomic E-state index is 2.48. The largest absolute Gasteiger partial charge is 0.0698 e. The van der Waals surface area contributed by atoms with Crippen molar-refractivity contribution in [2.24, 2.45) is 35.0 Å². The normalized spacial score (nSPS) is 66.2. The van der Waals surface area contributed by atoms with Gasteiger partial charge in [-0.25, -0.2) is 0 Å². The van der Waals surface area contributed by atoms with Crippen molar-refractivity contribution in [3.63, 3.8) is 0 Å². The Kier molecular flexibility index (Phi) is 0.882. The van der Waals surface area contributed by atoms with E-state index in [1.165, 1.54) is 37.0 Å². The Morgan fingerprint density at radius 3 is 3.07 bits per heavy atom. The lowest BCUT2D eigenvalue weighted by Gasteiger charge is -2.38. The van der Waals surface area contributed by atoms with Crippen LogP contribution in [-0.2, 0) is 0 Å². The minimum absolute atomic E-state index is 0.822. The van der Waals surface area contributed by atoms with Crippen LogP contribution in [0.25, 0.3) is 0 Å². The molecule has 5 saturated carbocycles. The number of rotatable bonds is 0. The van der Waals surface area contributed by atoms with Crippen LogP contribution < -0.4 is 0 Å². The molecule has 0 aliphatic heterocycles. The zero-order valence-electron chi connectivity index (χ0n) is 8.92. The lowest BCUT2D eigenvalue weighted by Crippen LogP contribution is -2.28. The summed E-state index contributed by atoms with van der Waals surface area (Å²) in [4.78, 5) is 0. The minimum Gasteiger partial charge on any atom is -0.0698 e. The fourth-order valence-electron chi connectivity index (χ4n) is 6.64. The summed E-state index contributed by atoms with van der Waals surface area (Å²) in [5.74, 6) is 5.85. The maximum absolute atomic E-state index is 2.48. The molecule has 0 heterocycles. The molecule has 6 aliphatic carbocycles. The van der Waals surface area contributed by atoms with Gasteiger partial charge in [0, 0.05) is 0 Å². The topological polar surface area (TPSA) is 0 Å². The Hall–Kier alpha value is -0.260.